The number of benzene rings is 1. The molecule has 0 aliphatic carbocycles. The third kappa shape index (κ3) is 3.57. The maximum Gasteiger partial charge on any atom is 0.225 e. The second kappa shape index (κ2) is 6.18. The Morgan fingerprint density at radius 2 is 2.17 bits per heavy atom. The Bertz CT molecular complexity index is 474. The molecule has 1 unspecified atom stereocenters. The quantitative estimate of drug-likeness (QED) is 0.853. The summed E-state index contributed by atoms with van der Waals surface area (Å²) in [6.45, 7) is 5.80. The molecule has 0 spiro atoms. The van der Waals surface area contributed by atoms with Gasteiger partial charge in [-0.05, 0) is 24.5 Å². The van der Waals surface area contributed by atoms with Gasteiger partial charge in [-0.3, -0.25) is 4.79 Å². The third-order valence-corrected chi connectivity index (χ3v) is 2.94. The summed E-state index contributed by atoms with van der Waals surface area (Å²) >= 11 is 0. The molecule has 0 fully saturated rings. The summed E-state index contributed by atoms with van der Waals surface area (Å²) in [4.78, 5) is 11.8. The smallest absolute Gasteiger partial charge is 0.225 e. The van der Waals surface area contributed by atoms with Crippen LogP contribution in [0.2, 0.25) is 0 Å². The fourth-order valence-corrected chi connectivity index (χ4v) is 1.57. The maximum atomic E-state index is 11.8. The number of nitriles is 1. The lowest BCUT2D eigenvalue weighted by Gasteiger charge is -2.15. The number of carbonyl (C=O) groups excluding carboxylic acids is 1. The number of carbonyl (C=O) groups is 1. The fraction of sp³-hybridized carbons (Fsp3) is 0.429. The Labute approximate surface area is 108 Å². The monoisotopic (exact) mass is 245 g/mol. The summed E-state index contributed by atoms with van der Waals surface area (Å²) in [5, 5.41) is 11.8. The van der Waals surface area contributed by atoms with E-state index in [9.17, 15) is 4.79 Å². The Kier molecular flexibility index (Phi) is 4.87. The summed E-state index contributed by atoms with van der Waals surface area (Å²) in [6.07, 6.45) is 0.260. The van der Waals surface area contributed by atoms with Gasteiger partial charge in [-0.1, -0.05) is 26.0 Å². The zero-order chi connectivity index (χ0) is 13.7. The average Bonchev–Trinajstić information content (AvgIpc) is 2.28. The van der Waals surface area contributed by atoms with Crippen molar-refractivity contribution < 1.29 is 4.79 Å². The van der Waals surface area contributed by atoms with Crippen molar-refractivity contribution in [2.45, 2.75) is 33.2 Å². The second-order valence-corrected chi connectivity index (χ2v) is 4.77. The van der Waals surface area contributed by atoms with Crippen molar-refractivity contribution in [1.29, 1.82) is 5.26 Å². The highest BCUT2D eigenvalue weighted by Gasteiger charge is 2.14. The van der Waals surface area contributed by atoms with E-state index < -0.39 is 0 Å². The van der Waals surface area contributed by atoms with Crippen LogP contribution < -0.4 is 11.1 Å². The van der Waals surface area contributed by atoms with Crippen LogP contribution in [0.1, 0.15) is 31.4 Å². The van der Waals surface area contributed by atoms with Gasteiger partial charge < -0.3 is 11.1 Å². The topological polar surface area (TPSA) is 78.9 Å². The van der Waals surface area contributed by atoms with Crippen molar-refractivity contribution in [3.05, 3.63) is 29.3 Å². The molecule has 18 heavy (non-hydrogen) atoms. The Morgan fingerprint density at radius 1 is 1.50 bits per heavy atom. The maximum absolute atomic E-state index is 11.8. The highest BCUT2D eigenvalue weighted by molar-refractivity contribution is 5.92. The number of amides is 1. The lowest BCUT2D eigenvalue weighted by Crippen LogP contribution is -2.31. The molecule has 1 rings (SSSR count). The van der Waals surface area contributed by atoms with E-state index >= 15 is 0 Å². The molecule has 0 saturated carbocycles. The fourth-order valence-electron chi connectivity index (χ4n) is 1.57. The van der Waals surface area contributed by atoms with Crippen LogP contribution >= 0.6 is 0 Å². The molecule has 4 nitrogen and oxygen atoms in total. The average molecular weight is 245 g/mol. The molecular formula is C14H19N3O. The standard InChI is InChI=1S/C14H19N3O/c1-9(2)12(16)7-14(18)17-13-6-4-5-10(3)11(13)8-15/h4-6,9,12H,7,16H2,1-3H3,(H,17,18). The van der Waals surface area contributed by atoms with Gasteiger partial charge in [0.2, 0.25) is 5.91 Å². The number of anilines is 1. The third-order valence-electron chi connectivity index (χ3n) is 2.94. The van der Waals surface area contributed by atoms with E-state index in [1.807, 2.05) is 32.9 Å². The van der Waals surface area contributed by atoms with Crippen LogP contribution in [0.5, 0.6) is 0 Å². The van der Waals surface area contributed by atoms with Crippen LogP contribution in [0, 0.1) is 24.2 Å². The minimum absolute atomic E-state index is 0.154. The summed E-state index contributed by atoms with van der Waals surface area (Å²) < 4.78 is 0. The first-order valence-electron chi connectivity index (χ1n) is 6.00. The van der Waals surface area contributed by atoms with Gasteiger partial charge in [0.05, 0.1) is 11.3 Å². The zero-order valence-corrected chi connectivity index (χ0v) is 11.0. The molecule has 1 aromatic rings. The summed E-state index contributed by atoms with van der Waals surface area (Å²) in [7, 11) is 0. The highest BCUT2D eigenvalue weighted by Crippen LogP contribution is 2.18. The molecule has 0 saturated heterocycles. The van der Waals surface area contributed by atoms with Crippen molar-refractivity contribution >= 4 is 11.6 Å². The van der Waals surface area contributed by atoms with Gasteiger partial charge >= 0.3 is 0 Å². The predicted molar refractivity (Wildman–Crippen MR) is 72.0 cm³/mol. The lowest BCUT2D eigenvalue weighted by atomic mass is 10.0. The van der Waals surface area contributed by atoms with E-state index in [1.165, 1.54) is 0 Å². The molecule has 0 aliphatic rings. The number of nitrogens with zero attached hydrogens (tertiary/aromatic N) is 1. The first-order valence-corrected chi connectivity index (χ1v) is 6.00. The summed E-state index contributed by atoms with van der Waals surface area (Å²) in [6, 6.07) is 7.31. The number of nitrogens with two attached hydrogens (primary N) is 1. The van der Waals surface area contributed by atoms with Gasteiger partial charge in [-0.15, -0.1) is 0 Å². The minimum atomic E-state index is -0.166. The van der Waals surface area contributed by atoms with Crippen LogP contribution in [0.15, 0.2) is 18.2 Å². The number of rotatable bonds is 4. The number of hydrogen-bond donors (Lipinski definition) is 2. The molecule has 0 radical (unpaired) electrons. The van der Waals surface area contributed by atoms with Gasteiger partial charge in [0.25, 0.3) is 0 Å². The van der Waals surface area contributed by atoms with Gasteiger partial charge in [-0.25, -0.2) is 0 Å². The van der Waals surface area contributed by atoms with Crippen LogP contribution in [0.4, 0.5) is 5.69 Å². The predicted octanol–water partition coefficient (Wildman–Crippen LogP) is 2.18. The number of aryl methyl sites for hydroxylation is 1. The van der Waals surface area contributed by atoms with E-state index in [1.54, 1.807) is 6.07 Å². The van der Waals surface area contributed by atoms with Crippen LogP contribution in [0.3, 0.4) is 0 Å². The van der Waals surface area contributed by atoms with E-state index in [2.05, 4.69) is 11.4 Å². The molecule has 1 aromatic carbocycles. The van der Waals surface area contributed by atoms with Gasteiger partial charge in [0.15, 0.2) is 0 Å². The number of nitrogens with one attached hydrogen (secondary N) is 1. The minimum Gasteiger partial charge on any atom is -0.327 e. The molecule has 4 heteroatoms. The Hall–Kier alpha value is -1.86. The molecule has 0 bridgehead atoms. The summed E-state index contributed by atoms with van der Waals surface area (Å²) in [5.74, 6) is 0.0991. The SMILES string of the molecule is Cc1cccc(NC(=O)CC(N)C(C)C)c1C#N. The van der Waals surface area contributed by atoms with E-state index in [0.717, 1.165) is 5.56 Å². The van der Waals surface area contributed by atoms with Crippen molar-refractivity contribution in [3.63, 3.8) is 0 Å². The van der Waals surface area contributed by atoms with Crippen LogP contribution in [0.25, 0.3) is 0 Å². The molecule has 0 aliphatic heterocycles. The number of hydrogen-bond acceptors (Lipinski definition) is 3. The van der Waals surface area contributed by atoms with E-state index in [-0.39, 0.29) is 24.3 Å². The van der Waals surface area contributed by atoms with E-state index in [0.29, 0.717) is 11.3 Å². The summed E-state index contributed by atoms with van der Waals surface area (Å²) in [5.41, 5.74) is 7.75. The molecule has 0 aromatic heterocycles. The Morgan fingerprint density at radius 3 is 2.72 bits per heavy atom. The van der Waals surface area contributed by atoms with Gasteiger partial charge in [0.1, 0.15) is 6.07 Å². The lowest BCUT2D eigenvalue weighted by molar-refractivity contribution is -0.116. The first kappa shape index (κ1) is 14.2. The van der Waals surface area contributed by atoms with Crippen molar-refractivity contribution in [2.75, 3.05) is 5.32 Å². The Balaban J connectivity index is 2.77. The van der Waals surface area contributed by atoms with Crippen LogP contribution in [-0.2, 0) is 4.79 Å². The van der Waals surface area contributed by atoms with Crippen molar-refractivity contribution in [2.24, 2.45) is 11.7 Å². The molecule has 96 valence electrons. The van der Waals surface area contributed by atoms with Gasteiger partial charge in [-0.2, -0.15) is 5.26 Å². The normalized spacial score (nSPS) is 12.0. The molecule has 1 amide bonds. The van der Waals surface area contributed by atoms with Crippen molar-refractivity contribution in [3.8, 4) is 6.07 Å². The molecular weight excluding hydrogens is 226 g/mol. The molecule has 3 N–H and O–H groups in total. The largest absolute Gasteiger partial charge is 0.327 e. The second-order valence-electron chi connectivity index (χ2n) is 4.77. The molecule has 0 heterocycles. The van der Waals surface area contributed by atoms with E-state index in [4.69, 9.17) is 11.0 Å². The highest BCUT2D eigenvalue weighted by atomic mass is 16.1. The molecule has 1 atom stereocenters. The first-order chi connectivity index (χ1) is 8.45. The van der Waals surface area contributed by atoms with Crippen molar-refractivity contribution in [1.82, 2.24) is 0 Å². The zero-order valence-electron chi connectivity index (χ0n) is 11.0. The van der Waals surface area contributed by atoms with Gasteiger partial charge in [0, 0.05) is 12.5 Å². The van der Waals surface area contributed by atoms with Crippen LogP contribution in [-0.4, -0.2) is 11.9 Å².